The number of benzene rings is 2. The summed E-state index contributed by atoms with van der Waals surface area (Å²) in [6.45, 7) is 3.39. The number of ether oxygens (including phenoxy) is 1. The number of nitrogens with one attached hydrogen (secondary N) is 3. The van der Waals surface area contributed by atoms with E-state index < -0.39 is 0 Å². The molecule has 0 saturated heterocycles. The normalized spacial score (nSPS) is 10.8. The predicted octanol–water partition coefficient (Wildman–Crippen LogP) is 1.82. The Balaban J connectivity index is 1.66. The summed E-state index contributed by atoms with van der Waals surface area (Å²) in [5.41, 5.74) is 9.09. The first-order valence-electron chi connectivity index (χ1n) is 8.49. The highest BCUT2D eigenvalue weighted by atomic mass is 16.5. The minimum atomic E-state index is -0.247. The van der Waals surface area contributed by atoms with Gasteiger partial charge in [0.2, 0.25) is 0 Å². The van der Waals surface area contributed by atoms with E-state index in [2.05, 4.69) is 15.3 Å². The fourth-order valence-corrected chi connectivity index (χ4v) is 2.64. The Labute approximate surface area is 150 Å². The Bertz CT molecular complexity index is 974. The molecule has 3 aromatic rings. The minimum Gasteiger partial charge on any atom is -0.493 e. The van der Waals surface area contributed by atoms with Gasteiger partial charge in [-0.05, 0) is 55.3 Å². The van der Waals surface area contributed by atoms with Crippen LogP contribution in [0.4, 0.5) is 0 Å². The lowest BCUT2D eigenvalue weighted by molar-refractivity contribution is 0.0950. The van der Waals surface area contributed by atoms with Crippen LogP contribution >= 0.6 is 0 Å². The van der Waals surface area contributed by atoms with Gasteiger partial charge in [-0.25, -0.2) is 4.79 Å². The van der Waals surface area contributed by atoms with Crippen molar-refractivity contribution >= 4 is 16.9 Å². The van der Waals surface area contributed by atoms with Crippen molar-refractivity contribution in [2.24, 2.45) is 5.73 Å². The van der Waals surface area contributed by atoms with Gasteiger partial charge in [0.15, 0.2) is 0 Å². The molecule has 0 spiro atoms. The van der Waals surface area contributed by atoms with E-state index in [1.54, 1.807) is 12.1 Å². The van der Waals surface area contributed by atoms with Crippen molar-refractivity contribution < 1.29 is 9.53 Å². The number of hydrogen-bond donors (Lipinski definition) is 4. The third kappa shape index (κ3) is 4.12. The standard InChI is InChI=1S/C19H22N4O3/c1-12-3-5-14(10-17(12)26-8-2-7-20)18(24)21-11-13-4-6-15-16(9-13)23-19(25)22-15/h3-6,9-10H,2,7-8,11,20H2,1H3,(H,21,24)(H2,22,23,25). The zero-order chi connectivity index (χ0) is 18.5. The van der Waals surface area contributed by atoms with Gasteiger partial charge in [-0.3, -0.25) is 4.79 Å². The first-order valence-corrected chi connectivity index (χ1v) is 8.49. The van der Waals surface area contributed by atoms with E-state index in [0.29, 0.717) is 36.5 Å². The number of aryl methyl sites for hydroxylation is 1. The Hall–Kier alpha value is -3.06. The summed E-state index contributed by atoms with van der Waals surface area (Å²) in [6, 6.07) is 10.9. The second kappa shape index (κ2) is 7.88. The van der Waals surface area contributed by atoms with Crippen molar-refractivity contribution in [3.05, 3.63) is 63.6 Å². The lowest BCUT2D eigenvalue weighted by Gasteiger charge is -2.11. The van der Waals surface area contributed by atoms with Crippen LogP contribution < -0.4 is 21.5 Å². The number of imidazole rings is 1. The van der Waals surface area contributed by atoms with Crippen LogP contribution in [0, 0.1) is 6.92 Å². The number of hydrogen-bond acceptors (Lipinski definition) is 4. The van der Waals surface area contributed by atoms with Crippen LogP contribution in [0.1, 0.15) is 27.9 Å². The molecule has 7 nitrogen and oxygen atoms in total. The summed E-state index contributed by atoms with van der Waals surface area (Å²) in [6.07, 6.45) is 0.763. The molecule has 136 valence electrons. The molecule has 2 aromatic carbocycles. The van der Waals surface area contributed by atoms with Crippen LogP contribution in [-0.2, 0) is 6.54 Å². The predicted molar refractivity (Wildman–Crippen MR) is 100 cm³/mol. The zero-order valence-corrected chi connectivity index (χ0v) is 14.6. The van der Waals surface area contributed by atoms with Gasteiger partial charge in [0.1, 0.15) is 5.75 Å². The molecule has 0 aliphatic carbocycles. The molecule has 0 radical (unpaired) electrons. The maximum atomic E-state index is 12.4. The second-order valence-corrected chi connectivity index (χ2v) is 6.11. The summed E-state index contributed by atoms with van der Waals surface area (Å²) in [4.78, 5) is 29.1. The molecule has 0 fully saturated rings. The highest BCUT2D eigenvalue weighted by molar-refractivity contribution is 5.94. The molecule has 0 saturated carbocycles. The van der Waals surface area contributed by atoms with Crippen molar-refractivity contribution in [1.29, 1.82) is 0 Å². The van der Waals surface area contributed by atoms with Gasteiger partial charge in [-0.15, -0.1) is 0 Å². The number of carbonyl (C=O) groups excluding carboxylic acids is 1. The van der Waals surface area contributed by atoms with Crippen molar-refractivity contribution in [1.82, 2.24) is 15.3 Å². The van der Waals surface area contributed by atoms with Crippen LogP contribution in [0.15, 0.2) is 41.2 Å². The summed E-state index contributed by atoms with van der Waals surface area (Å²) in [7, 11) is 0. The largest absolute Gasteiger partial charge is 0.493 e. The molecule has 7 heteroatoms. The number of aromatic nitrogens is 2. The summed E-state index contributed by atoms with van der Waals surface area (Å²) < 4.78 is 5.68. The lowest BCUT2D eigenvalue weighted by atomic mass is 10.1. The maximum absolute atomic E-state index is 12.4. The average Bonchev–Trinajstić information content (AvgIpc) is 3.00. The van der Waals surface area contributed by atoms with Crippen LogP contribution in [0.25, 0.3) is 11.0 Å². The molecule has 1 amide bonds. The Kier molecular flexibility index (Phi) is 5.38. The van der Waals surface area contributed by atoms with E-state index in [0.717, 1.165) is 23.1 Å². The van der Waals surface area contributed by atoms with Crippen LogP contribution in [0.3, 0.4) is 0 Å². The van der Waals surface area contributed by atoms with Gasteiger partial charge >= 0.3 is 5.69 Å². The first kappa shape index (κ1) is 17.8. The third-order valence-electron chi connectivity index (χ3n) is 4.09. The fraction of sp³-hybridized carbons (Fsp3) is 0.263. The molecule has 0 atom stereocenters. The van der Waals surface area contributed by atoms with Crippen LogP contribution in [0.5, 0.6) is 5.75 Å². The molecule has 0 bridgehead atoms. The molecular weight excluding hydrogens is 332 g/mol. The summed E-state index contributed by atoms with van der Waals surface area (Å²) in [5, 5.41) is 2.88. The Morgan fingerprint density at radius 3 is 2.77 bits per heavy atom. The van der Waals surface area contributed by atoms with Crippen molar-refractivity contribution in [3.8, 4) is 5.75 Å². The molecule has 3 rings (SSSR count). The topological polar surface area (TPSA) is 113 Å². The fourth-order valence-electron chi connectivity index (χ4n) is 2.64. The summed E-state index contributed by atoms with van der Waals surface area (Å²) >= 11 is 0. The lowest BCUT2D eigenvalue weighted by Crippen LogP contribution is -2.22. The third-order valence-corrected chi connectivity index (χ3v) is 4.09. The molecular formula is C19H22N4O3. The number of amides is 1. The quantitative estimate of drug-likeness (QED) is 0.485. The Morgan fingerprint density at radius 2 is 1.96 bits per heavy atom. The molecule has 0 aliphatic rings. The monoisotopic (exact) mass is 354 g/mol. The van der Waals surface area contributed by atoms with E-state index in [1.165, 1.54) is 0 Å². The van der Waals surface area contributed by atoms with Gasteiger partial charge in [0, 0.05) is 12.1 Å². The molecule has 1 aromatic heterocycles. The van der Waals surface area contributed by atoms with Crippen LogP contribution in [-0.4, -0.2) is 29.0 Å². The highest BCUT2D eigenvalue weighted by Crippen LogP contribution is 2.20. The number of H-pyrrole nitrogens is 2. The first-order chi connectivity index (χ1) is 12.6. The van der Waals surface area contributed by atoms with Crippen molar-refractivity contribution in [2.75, 3.05) is 13.2 Å². The molecule has 0 unspecified atom stereocenters. The molecule has 5 N–H and O–H groups in total. The van der Waals surface area contributed by atoms with E-state index >= 15 is 0 Å². The van der Waals surface area contributed by atoms with Crippen LogP contribution in [0.2, 0.25) is 0 Å². The van der Waals surface area contributed by atoms with E-state index in [1.807, 2.05) is 31.2 Å². The van der Waals surface area contributed by atoms with Crippen molar-refractivity contribution in [3.63, 3.8) is 0 Å². The smallest absolute Gasteiger partial charge is 0.323 e. The van der Waals surface area contributed by atoms with Gasteiger partial charge in [0.25, 0.3) is 5.91 Å². The number of carbonyl (C=O) groups is 1. The van der Waals surface area contributed by atoms with Gasteiger partial charge in [0.05, 0.1) is 17.6 Å². The van der Waals surface area contributed by atoms with Gasteiger partial charge in [-0.2, -0.15) is 0 Å². The SMILES string of the molecule is Cc1ccc(C(=O)NCc2ccc3[nH]c(=O)[nH]c3c2)cc1OCCCN. The van der Waals surface area contributed by atoms with Gasteiger partial charge in [-0.1, -0.05) is 12.1 Å². The van der Waals surface area contributed by atoms with E-state index in [9.17, 15) is 9.59 Å². The highest BCUT2D eigenvalue weighted by Gasteiger charge is 2.09. The zero-order valence-electron chi connectivity index (χ0n) is 14.6. The number of aromatic amines is 2. The summed E-state index contributed by atoms with van der Waals surface area (Å²) in [5.74, 6) is 0.508. The number of nitrogens with two attached hydrogens (primary N) is 1. The molecule has 26 heavy (non-hydrogen) atoms. The number of rotatable bonds is 7. The number of fused-ring (bicyclic) bond motifs is 1. The van der Waals surface area contributed by atoms with E-state index in [4.69, 9.17) is 10.5 Å². The Morgan fingerprint density at radius 1 is 1.15 bits per heavy atom. The average molecular weight is 354 g/mol. The molecule has 0 aliphatic heterocycles. The maximum Gasteiger partial charge on any atom is 0.323 e. The minimum absolute atomic E-state index is 0.184. The van der Waals surface area contributed by atoms with E-state index in [-0.39, 0.29) is 11.6 Å². The van der Waals surface area contributed by atoms with Crippen molar-refractivity contribution in [2.45, 2.75) is 19.9 Å². The molecule has 1 heterocycles. The second-order valence-electron chi connectivity index (χ2n) is 6.11. The van der Waals surface area contributed by atoms with Gasteiger partial charge < -0.3 is 25.8 Å².